The molecule has 0 bridgehead atoms. The summed E-state index contributed by atoms with van der Waals surface area (Å²) in [5.74, 6) is 1.19. The predicted molar refractivity (Wildman–Crippen MR) is 116 cm³/mol. The third-order valence-electron chi connectivity index (χ3n) is 4.68. The number of rotatable bonds is 10. The second-order valence-electron chi connectivity index (χ2n) is 6.78. The maximum atomic E-state index is 12.5. The molecule has 0 spiro atoms. The molecule has 1 N–H and O–H groups in total. The van der Waals surface area contributed by atoms with Crippen molar-refractivity contribution >= 4 is 11.8 Å². The van der Waals surface area contributed by atoms with Gasteiger partial charge in [0, 0.05) is 13.1 Å². The van der Waals surface area contributed by atoms with Gasteiger partial charge in [0.2, 0.25) is 5.91 Å². The molecule has 0 radical (unpaired) electrons. The van der Waals surface area contributed by atoms with Gasteiger partial charge >= 0.3 is 0 Å². The number of carbonyl (C=O) groups is 2. The average Bonchev–Trinajstić information content (AvgIpc) is 3.29. The number of likely N-dealkylation sites (N-methyl/N-ethyl adjacent to an activating group) is 1. The van der Waals surface area contributed by atoms with Crippen molar-refractivity contribution in [2.24, 2.45) is 0 Å². The number of hydrogen-bond acceptors (Lipinski definition) is 5. The number of para-hydroxylation sites is 2. The highest BCUT2D eigenvalue weighted by molar-refractivity contribution is 5.94. The fourth-order valence-electron chi connectivity index (χ4n) is 3.00. The van der Waals surface area contributed by atoms with E-state index in [1.807, 2.05) is 49.4 Å². The highest BCUT2D eigenvalue weighted by Gasteiger charge is 2.16. The molecule has 0 saturated carbocycles. The first-order valence-corrected chi connectivity index (χ1v) is 10.0. The zero-order valence-electron chi connectivity index (χ0n) is 17.7. The summed E-state index contributed by atoms with van der Waals surface area (Å²) in [4.78, 5) is 26.5. The van der Waals surface area contributed by atoms with Gasteiger partial charge in [-0.3, -0.25) is 9.59 Å². The predicted octanol–water partition coefficient (Wildman–Crippen LogP) is 3.65. The van der Waals surface area contributed by atoms with E-state index in [0.29, 0.717) is 30.3 Å². The van der Waals surface area contributed by atoms with Crippen LogP contribution < -0.4 is 14.8 Å². The van der Waals surface area contributed by atoms with E-state index in [-0.39, 0.29) is 24.8 Å². The Kier molecular flexibility index (Phi) is 7.70. The molecule has 162 valence electrons. The van der Waals surface area contributed by atoms with Crippen LogP contribution in [0.1, 0.15) is 28.8 Å². The summed E-state index contributed by atoms with van der Waals surface area (Å²) in [5, 5.41) is 2.62. The van der Waals surface area contributed by atoms with Crippen LogP contribution in [-0.2, 0) is 17.9 Å². The van der Waals surface area contributed by atoms with Crippen molar-refractivity contribution in [1.29, 1.82) is 0 Å². The molecule has 3 rings (SSSR count). The quantitative estimate of drug-likeness (QED) is 0.539. The number of hydrogen-bond donors (Lipinski definition) is 1. The maximum absolute atomic E-state index is 12.5. The Balaban J connectivity index is 1.50. The number of carbonyl (C=O) groups excluding carboxylic acids is 2. The first-order chi connectivity index (χ1) is 15.1. The lowest BCUT2D eigenvalue weighted by Crippen LogP contribution is -2.39. The van der Waals surface area contributed by atoms with Crippen molar-refractivity contribution in [2.75, 3.05) is 20.2 Å². The second-order valence-corrected chi connectivity index (χ2v) is 6.78. The molecule has 1 aromatic heterocycles. The lowest BCUT2D eigenvalue weighted by Gasteiger charge is -2.21. The monoisotopic (exact) mass is 422 g/mol. The third-order valence-corrected chi connectivity index (χ3v) is 4.68. The molecule has 1 heterocycles. The van der Waals surface area contributed by atoms with E-state index in [9.17, 15) is 9.59 Å². The minimum Gasteiger partial charge on any atom is -0.493 e. The van der Waals surface area contributed by atoms with E-state index < -0.39 is 5.91 Å². The van der Waals surface area contributed by atoms with Gasteiger partial charge in [-0.25, -0.2) is 0 Å². The summed E-state index contributed by atoms with van der Waals surface area (Å²) in [6.45, 7) is 3.00. The van der Waals surface area contributed by atoms with Crippen molar-refractivity contribution in [3.05, 3.63) is 83.8 Å². The summed E-state index contributed by atoms with van der Waals surface area (Å²) < 4.78 is 16.5. The molecular weight excluding hydrogens is 396 g/mol. The van der Waals surface area contributed by atoms with Gasteiger partial charge in [0.25, 0.3) is 5.91 Å². The SMILES string of the molecule is CCN(Cc1ccccc1)C(=O)CNC(=O)c1ccc(COc2ccccc2OC)o1. The molecule has 0 aliphatic heterocycles. The molecule has 0 aliphatic carbocycles. The van der Waals surface area contributed by atoms with Gasteiger partial charge in [0.15, 0.2) is 17.3 Å². The molecule has 2 amide bonds. The lowest BCUT2D eigenvalue weighted by atomic mass is 10.2. The number of methoxy groups -OCH3 is 1. The minimum atomic E-state index is -0.451. The zero-order valence-corrected chi connectivity index (χ0v) is 17.7. The Bertz CT molecular complexity index is 1000. The largest absolute Gasteiger partial charge is 0.493 e. The van der Waals surface area contributed by atoms with Gasteiger partial charge in [-0.2, -0.15) is 0 Å². The Labute approximate surface area is 181 Å². The van der Waals surface area contributed by atoms with Crippen LogP contribution in [0.4, 0.5) is 0 Å². The van der Waals surface area contributed by atoms with Crippen LogP contribution in [0.5, 0.6) is 11.5 Å². The third kappa shape index (κ3) is 6.12. The van der Waals surface area contributed by atoms with E-state index >= 15 is 0 Å². The van der Waals surface area contributed by atoms with Crippen molar-refractivity contribution in [1.82, 2.24) is 10.2 Å². The first-order valence-electron chi connectivity index (χ1n) is 10.0. The number of nitrogens with zero attached hydrogens (tertiary/aromatic N) is 1. The molecular formula is C24H26N2O5. The van der Waals surface area contributed by atoms with Gasteiger partial charge in [-0.15, -0.1) is 0 Å². The molecule has 0 saturated heterocycles. The van der Waals surface area contributed by atoms with Gasteiger partial charge < -0.3 is 24.1 Å². The number of amides is 2. The highest BCUT2D eigenvalue weighted by atomic mass is 16.5. The van der Waals surface area contributed by atoms with E-state index in [2.05, 4.69) is 5.32 Å². The van der Waals surface area contributed by atoms with Crippen LogP contribution in [-0.4, -0.2) is 36.9 Å². The van der Waals surface area contributed by atoms with Crippen LogP contribution in [0.3, 0.4) is 0 Å². The van der Waals surface area contributed by atoms with E-state index in [4.69, 9.17) is 13.9 Å². The van der Waals surface area contributed by atoms with Crippen LogP contribution in [0.25, 0.3) is 0 Å². The average molecular weight is 422 g/mol. The summed E-state index contributed by atoms with van der Waals surface area (Å²) in [7, 11) is 1.57. The van der Waals surface area contributed by atoms with Crippen molar-refractivity contribution in [3.63, 3.8) is 0 Å². The molecule has 0 atom stereocenters. The maximum Gasteiger partial charge on any atom is 0.287 e. The smallest absolute Gasteiger partial charge is 0.287 e. The minimum absolute atomic E-state index is 0.104. The van der Waals surface area contributed by atoms with Crippen LogP contribution in [0.2, 0.25) is 0 Å². The Hall–Kier alpha value is -3.74. The Morgan fingerprint density at radius 2 is 1.68 bits per heavy atom. The number of ether oxygens (including phenoxy) is 2. The van der Waals surface area contributed by atoms with E-state index in [0.717, 1.165) is 5.56 Å². The van der Waals surface area contributed by atoms with Gasteiger partial charge in [0.05, 0.1) is 13.7 Å². The topological polar surface area (TPSA) is 81.0 Å². The number of nitrogens with one attached hydrogen (secondary N) is 1. The number of benzene rings is 2. The van der Waals surface area contributed by atoms with E-state index in [1.54, 1.807) is 36.3 Å². The molecule has 7 heteroatoms. The summed E-state index contributed by atoms with van der Waals surface area (Å²) in [6.07, 6.45) is 0. The van der Waals surface area contributed by atoms with E-state index in [1.165, 1.54) is 0 Å². The number of furan rings is 1. The standard InChI is InChI=1S/C24H26N2O5/c1-3-26(16-18-9-5-4-6-10-18)23(27)15-25-24(28)22-14-13-19(31-22)17-30-21-12-8-7-11-20(21)29-2/h4-14H,3,15-17H2,1-2H3,(H,25,28). The fraction of sp³-hybridized carbons (Fsp3) is 0.250. The first kappa shape index (κ1) is 22.0. The van der Waals surface area contributed by atoms with Crippen LogP contribution >= 0.6 is 0 Å². The van der Waals surface area contributed by atoms with Gasteiger partial charge in [-0.05, 0) is 36.8 Å². The molecule has 3 aromatic rings. The molecule has 0 fully saturated rings. The molecule has 7 nitrogen and oxygen atoms in total. The van der Waals surface area contributed by atoms with Crippen LogP contribution in [0, 0.1) is 0 Å². The normalized spacial score (nSPS) is 10.4. The summed E-state index contributed by atoms with van der Waals surface area (Å²) >= 11 is 0. The van der Waals surface area contributed by atoms with Crippen molar-refractivity contribution in [2.45, 2.75) is 20.1 Å². The second kappa shape index (κ2) is 10.9. The van der Waals surface area contributed by atoms with Crippen molar-refractivity contribution in [3.8, 4) is 11.5 Å². The highest BCUT2D eigenvalue weighted by Crippen LogP contribution is 2.26. The molecule has 31 heavy (non-hydrogen) atoms. The Morgan fingerprint density at radius 1 is 0.968 bits per heavy atom. The lowest BCUT2D eigenvalue weighted by molar-refractivity contribution is -0.130. The zero-order chi connectivity index (χ0) is 22.1. The molecule has 0 unspecified atom stereocenters. The van der Waals surface area contributed by atoms with Gasteiger partial charge in [0.1, 0.15) is 12.4 Å². The summed E-state index contributed by atoms with van der Waals surface area (Å²) in [6, 6.07) is 20.2. The molecule has 2 aromatic carbocycles. The van der Waals surface area contributed by atoms with Crippen molar-refractivity contribution < 1.29 is 23.5 Å². The summed E-state index contributed by atoms with van der Waals surface area (Å²) in [5.41, 5.74) is 1.04. The van der Waals surface area contributed by atoms with Gasteiger partial charge in [-0.1, -0.05) is 42.5 Å². The fourth-order valence-corrected chi connectivity index (χ4v) is 3.00. The van der Waals surface area contributed by atoms with Crippen LogP contribution in [0.15, 0.2) is 71.1 Å². The Morgan fingerprint density at radius 3 is 2.39 bits per heavy atom. The molecule has 0 aliphatic rings.